The van der Waals surface area contributed by atoms with Crippen molar-refractivity contribution in [2.24, 2.45) is 5.14 Å². The van der Waals surface area contributed by atoms with Crippen LogP contribution in [0.15, 0.2) is 24.3 Å². The third kappa shape index (κ3) is 4.63. The molecule has 0 unspecified atom stereocenters. The van der Waals surface area contributed by atoms with Gasteiger partial charge in [-0.05, 0) is 24.5 Å². The number of aryl methyl sites for hydroxylation is 1. The largest absolute Gasteiger partial charge is 0.493 e. The van der Waals surface area contributed by atoms with E-state index in [1.165, 1.54) is 0 Å². The van der Waals surface area contributed by atoms with Crippen LogP contribution in [0.5, 0.6) is 5.75 Å². The first-order valence-corrected chi connectivity index (χ1v) is 6.95. The Labute approximate surface area is 96.5 Å². The van der Waals surface area contributed by atoms with Crippen LogP contribution in [0.4, 0.5) is 0 Å². The van der Waals surface area contributed by atoms with Gasteiger partial charge in [0.15, 0.2) is 0 Å². The normalized spacial score (nSPS) is 11.4. The van der Waals surface area contributed by atoms with Crippen molar-refractivity contribution >= 4 is 10.0 Å². The Hall–Kier alpha value is -1.07. The van der Waals surface area contributed by atoms with Gasteiger partial charge in [0.05, 0.1) is 12.4 Å². The molecule has 0 saturated heterocycles. The number of benzene rings is 1. The highest BCUT2D eigenvalue weighted by molar-refractivity contribution is 7.89. The minimum atomic E-state index is -3.37. The zero-order valence-electron chi connectivity index (χ0n) is 9.35. The maximum Gasteiger partial charge on any atom is 0.209 e. The summed E-state index contributed by atoms with van der Waals surface area (Å²) in [5, 5.41) is 4.89. The third-order valence-corrected chi connectivity index (χ3v) is 3.04. The maximum atomic E-state index is 10.7. The van der Waals surface area contributed by atoms with Crippen LogP contribution in [-0.4, -0.2) is 20.8 Å². The van der Waals surface area contributed by atoms with Gasteiger partial charge in [-0.2, -0.15) is 0 Å². The van der Waals surface area contributed by atoms with E-state index in [4.69, 9.17) is 9.88 Å². The molecule has 0 atom stereocenters. The van der Waals surface area contributed by atoms with E-state index in [1.807, 2.05) is 31.2 Å². The molecule has 0 aliphatic heterocycles. The van der Waals surface area contributed by atoms with Crippen molar-refractivity contribution in [2.75, 3.05) is 12.4 Å². The molecule has 1 rings (SSSR count). The fraction of sp³-hybridized carbons (Fsp3) is 0.455. The second kappa shape index (κ2) is 5.86. The minimum absolute atomic E-state index is 0.0404. The van der Waals surface area contributed by atoms with Crippen molar-refractivity contribution in [3.05, 3.63) is 29.8 Å². The predicted octanol–water partition coefficient (Wildman–Crippen LogP) is 1.31. The zero-order valence-corrected chi connectivity index (χ0v) is 10.2. The SMILES string of the molecule is CCc1ccccc1OCCCS(N)(=O)=O. The van der Waals surface area contributed by atoms with Crippen molar-refractivity contribution < 1.29 is 13.2 Å². The number of para-hydroxylation sites is 1. The van der Waals surface area contributed by atoms with Crippen LogP contribution in [0.3, 0.4) is 0 Å². The van der Waals surface area contributed by atoms with E-state index >= 15 is 0 Å². The summed E-state index contributed by atoms with van der Waals surface area (Å²) < 4.78 is 26.9. The lowest BCUT2D eigenvalue weighted by atomic mass is 10.1. The second-order valence-corrected chi connectivity index (χ2v) is 5.26. The Morgan fingerprint density at radius 2 is 2.00 bits per heavy atom. The number of sulfonamides is 1. The molecule has 0 amide bonds. The quantitative estimate of drug-likeness (QED) is 0.766. The predicted molar refractivity (Wildman–Crippen MR) is 63.9 cm³/mol. The van der Waals surface area contributed by atoms with Crippen LogP contribution >= 0.6 is 0 Å². The minimum Gasteiger partial charge on any atom is -0.493 e. The van der Waals surface area contributed by atoms with Crippen LogP contribution in [0.1, 0.15) is 18.9 Å². The number of rotatable bonds is 6. The van der Waals surface area contributed by atoms with Gasteiger partial charge in [-0.3, -0.25) is 0 Å². The summed E-state index contributed by atoms with van der Waals surface area (Å²) >= 11 is 0. The highest BCUT2D eigenvalue weighted by atomic mass is 32.2. The summed E-state index contributed by atoms with van der Waals surface area (Å²) in [6, 6.07) is 7.73. The number of hydrogen-bond acceptors (Lipinski definition) is 3. The van der Waals surface area contributed by atoms with E-state index in [0.717, 1.165) is 17.7 Å². The van der Waals surface area contributed by atoms with Crippen LogP contribution in [0.25, 0.3) is 0 Å². The highest BCUT2D eigenvalue weighted by Gasteiger charge is 2.04. The van der Waals surface area contributed by atoms with Gasteiger partial charge in [0, 0.05) is 0 Å². The maximum absolute atomic E-state index is 10.7. The van der Waals surface area contributed by atoms with Gasteiger partial charge in [-0.15, -0.1) is 0 Å². The first kappa shape index (κ1) is 13.0. The first-order valence-electron chi connectivity index (χ1n) is 5.24. The van der Waals surface area contributed by atoms with Crippen LogP contribution in [-0.2, 0) is 16.4 Å². The monoisotopic (exact) mass is 243 g/mol. The Morgan fingerprint density at radius 1 is 1.31 bits per heavy atom. The molecule has 2 N–H and O–H groups in total. The number of ether oxygens (including phenoxy) is 1. The van der Waals surface area contributed by atoms with Crippen molar-refractivity contribution in [3.63, 3.8) is 0 Å². The van der Waals surface area contributed by atoms with Gasteiger partial charge in [-0.25, -0.2) is 13.6 Å². The molecule has 0 heterocycles. The lowest BCUT2D eigenvalue weighted by Crippen LogP contribution is -2.18. The summed E-state index contributed by atoms with van der Waals surface area (Å²) in [4.78, 5) is 0. The molecule has 0 bridgehead atoms. The van der Waals surface area contributed by atoms with Gasteiger partial charge in [-0.1, -0.05) is 25.1 Å². The fourth-order valence-corrected chi connectivity index (χ4v) is 1.90. The Morgan fingerprint density at radius 3 is 2.62 bits per heavy atom. The lowest BCUT2D eigenvalue weighted by molar-refractivity contribution is 0.314. The van der Waals surface area contributed by atoms with Crippen LogP contribution < -0.4 is 9.88 Å². The highest BCUT2D eigenvalue weighted by Crippen LogP contribution is 2.18. The smallest absolute Gasteiger partial charge is 0.209 e. The molecule has 0 saturated carbocycles. The Bertz CT molecular complexity index is 429. The van der Waals surface area contributed by atoms with Gasteiger partial charge in [0.2, 0.25) is 10.0 Å². The fourth-order valence-electron chi connectivity index (χ4n) is 1.38. The summed E-state index contributed by atoms with van der Waals surface area (Å²) in [6.45, 7) is 2.42. The van der Waals surface area contributed by atoms with Crippen LogP contribution in [0, 0.1) is 0 Å². The van der Waals surface area contributed by atoms with Crippen LogP contribution in [0.2, 0.25) is 0 Å². The molecule has 4 nitrogen and oxygen atoms in total. The average molecular weight is 243 g/mol. The molecule has 1 aromatic carbocycles. The van der Waals surface area contributed by atoms with Gasteiger partial charge >= 0.3 is 0 Å². The van der Waals surface area contributed by atoms with Gasteiger partial charge in [0.25, 0.3) is 0 Å². The molecule has 1 aromatic rings. The molecule has 0 aromatic heterocycles. The van der Waals surface area contributed by atoms with E-state index in [1.54, 1.807) is 0 Å². The molecule has 0 spiro atoms. The molecule has 0 fully saturated rings. The molecule has 0 aliphatic rings. The summed E-state index contributed by atoms with van der Waals surface area (Å²) in [6.07, 6.45) is 1.31. The summed E-state index contributed by atoms with van der Waals surface area (Å²) in [5.41, 5.74) is 1.12. The van der Waals surface area contributed by atoms with E-state index in [-0.39, 0.29) is 5.75 Å². The van der Waals surface area contributed by atoms with Crippen molar-refractivity contribution in [1.29, 1.82) is 0 Å². The molecular weight excluding hydrogens is 226 g/mol. The van der Waals surface area contributed by atoms with Crippen molar-refractivity contribution in [1.82, 2.24) is 0 Å². The summed E-state index contributed by atoms with van der Waals surface area (Å²) in [7, 11) is -3.37. The molecular formula is C11H17NO3S. The third-order valence-electron chi connectivity index (χ3n) is 2.18. The van der Waals surface area contributed by atoms with Gasteiger partial charge in [0.1, 0.15) is 5.75 Å². The van der Waals surface area contributed by atoms with Crippen molar-refractivity contribution in [2.45, 2.75) is 19.8 Å². The molecule has 0 radical (unpaired) electrons. The number of hydrogen-bond donors (Lipinski definition) is 1. The Kier molecular flexibility index (Phi) is 4.76. The van der Waals surface area contributed by atoms with E-state index in [2.05, 4.69) is 0 Å². The zero-order chi connectivity index (χ0) is 12.0. The molecule has 0 aliphatic carbocycles. The van der Waals surface area contributed by atoms with E-state index in [0.29, 0.717) is 13.0 Å². The van der Waals surface area contributed by atoms with E-state index < -0.39 is 10.0 Å². The average Bonchev–Trinajstić information content (AvgIpc) is 2.23. The standard InChI is InChI=1S/C11H17NO3S/c1-2-10-6-3-4-7-11(10)15-8-5-9-16(12,13)14/h3-4,6-7H,2,5,8-9H2,1H3,(H2,12,13,14). The second-order valence-electron chi connectivity index (χ2n) is 3.53. The number of primary sulfonamides is 1. The number of nitrogens with two attached hydrogens (primary N) is 1. The lowest BCUT2D eigenvalue weighted by Gasteiger charge is -2.09. The van der Waals surface area contributed by atoms with E-state index in [9.17, 15) is 8.42 Å². The van der Waals surface area contributed by atoms with Crippen molar-refractivity contribution in [3.8, 4) is 5.75 Å². The topological polar surface area (TPSA) is 69.4 Å². The van der Waals surface area contributed by atoms with Gasteiger partial charge < -0.3 is 4.74 Å². The molecule has 16 heavy (non-hydrogen) atoms. The Balaban J connectivity index is 2.43. The first-order chi connectivity index (χ1) is 7.53. The summed E-state index contributed by atoms with van der Waals surface area (Å²) in [5.74, 6) is 0.779. The molecule has 5 heteroatoms. The molecule has 90 valence electrons.